The molecule has 0 aliphatic carbocycles. The Hall–Kier alpha value is -1.69. The summed E-state index contributed by atoms with van der Waals surface area (Å²) < 4.78 is 5.75. The number of carbonyl (C=O) groups is 1. The van der Waals surface area contributed by atoms with Gasteiger partial charge in [-0.1, -0.05) is 6.92 Å². The quantitative estimate of drug-likeness (QED) is 0.885. The standard InChI is InChI=1S/C14H22N4O2/c1-3-7-20-11-5-4-6-18(10-11)14(19)12-8-16-9-13(15-2)17-12/h8-9,11H,3-7,10H2,1-2H3,(H,15,17). The molecular weight excluding hydrogens is 256 g/mol. The first-order valence-corrected chi connectivity index (χ1v) is 7.15. The van der Waals surface area contributed by atoms with Crippen LogP contribution in [0.5, 0.6) is 0 Å². The molecule has 6 heteroatoms. The first-order chi connectivity index (χ1) is 9.74. The van der Waals surface area contributed by atoms with Crippen LogP contribution in [-0.4, -0.2) is 53.6 Å². The number of hydrogen-bond acceptors (Lipinski definition) is 5. The molecule has 1 aliphatic rings. The fourth-order valence-corrected chi connectivity index (χ4v) is 2.29. The van der Waals surface area contributed by atoms with Gasteiger partial charge in [-0.25, -0.2) is 4.98 Å². The molecule has 20 heavy (non-hydrogen) atoms. The molecule has 1 fully saturated rings. The fourth-order valence-electron chi connectivity index (χ4n) is 2.29. The van der Waals surface area contributed by atoms with Gasteiger partial charge in [0.1, 0.15) is 11.5 Å². The van der Waals surface area contributed by atoms with Crippen LogP contribution in [0.4, 0.5) is 5.82 Å². The second-order valence-corrected chi connectivity index (χ2v) is 4.93. The summed E-state index contributed by atoms with van der Waals surface area (Å²) in [4.78, 5) is 22.5. The maximum Gasteiger partial charge on any atom is 0.274 e. The summed E-state index contributed by atoms with van der Waals surface area (Å²) in [7, 11) is 1.76. The lowest BCUT2D eigenvalue weighted by Crippen LogP contribution is -2.43. The highest BCUT2D eigenvalue weighted by atomic mass is 16.5. The van der Waals surface area contributed by atoms with E-state index in [0.29, 0.717) is 18.1 Å². The molecule has 2 heterocycles. The molecule has 110 valence electrons. The minimum absolute atomic E-state index is 0.0700. The molecule has 2 rings (SSSR count). The lowest BCUT2D eigenvalue weighted by Gasteiger charge is -2.32. The minimum atomic E-state index is -0.0700. The van der Waals surface area contributed by atoms with Gasteiger partial charge in [-0.2, -0.15) is 0 Å². The topological polar surface area (TPSA) is 67.3 Å². The monoisotopic (exact) mass is 278 g/mol. The van der Waals surface area contributed by atoms with Crippen LogP contribution in [0.2, 0.25) is 0 Å². The molecule has 1 aromatic heterocycles. The molecule has 0 aromatic carbocycles. The summed E-state index contributed by atoms with van der Waals surface area (Å²) in [6, 6.07) is 0. The van der Waals surface area contributed by atoms with Gasteiger partial charge >= 0.3 is 0 Å². The van der Waals surface area contributed by atoms with Gasteiger partial charge in [0.2, 0.25) is 0 Å². The van der Waals surface area contributed by atoms with Crippen molar-refractivity contribution in [3.8, 4) is 0 Å². The summed E-state index contributed by atoms with van der Waals surface area (Å²) in [6.07, 6.45) is 6.25. The summed E-state index contributed by atoms with van der Waals surface area (Å²) in [5, 5.41) is 2.89. The van der Waals surface area contributed by atoms with Crippen molar-refractivity contribution >= 4 is 11.7 Å². The molecule has 1 aliphatic heterocycles. The van der Waals surface area contributed by atoms with Gasteiger partial charge < -0.3 is 15.0 Å². The second kappa shape index (κ2) is 7.19. The highest BCUT2D eigenvalue weighted by Crippen LogP contribution is 2.16. The first-order valence-electron chi connectivity index (χ1n) is 7.15. The van der Waals surface area contributed by atoms with Crippen molar-refractivity contribution < 1.29 is 9.53 Å². The second-order valence-electron chi connectivity index (χ2n) is 4.93. The number of anilines is 1. The smallest absolute Gasteiger partial charge is 0.274 e. The molecule has 0 radical (unpaired) electrons. The number of likely N-dealkylation sites (tertiary alicyclic amines) is 1. The summed E-state index contributed by atoms with van der Waals surface area (Å²) in [6.45, 7) is 4.24. The highest BCUT2D eigenvalue weighted by molar-refractivity contribution is 5.92. The van der Waals surface area contributed by atoms with Crippen LogP contribution in [0.3, 0.4) is 0 Å². The van der Waals surface area contributed by atoms with E-state index in [1.54, 1.807) is 13.2 Å². The maximum atomic E-state index is 12.4. The van der Waals surface area contributed by atoms with Crippen LogP contribution in [0, 0.1) is 0 Å². The molecule has 1 atom stereocenters. The fraction of sp³-hybridized carbons (Fsp3) is 0.643. The molecule has 6 nitrogen and oxygen atoms in total. The van der Waals surface area contributed by atoms with Crippen LogP contribution >= 0.6 is 0 Å². The van der Waals surface area contributed by atoms with E-state index in [-0.39, 0.29) is 12.0 Å². The Labute approximate surface area is 119 Å². The van der Waals surface area contributed by atoms with Gasteiger partial charge in [0.15, 0.2) is 0 Å². The van der Waals surface area contributed by atoms with Crippen LogP contribution in [-0.2, 0) is 4.74 Å². The zero-order valence-electron chi connectivity index (χ0n) is 12.1. The Morgan fingerprint density at radius 3 is 3.15 bits per heavy atom. The number of piperidine rings is 1. The SMILES string of the molecule is CCCOC1CCCN(C(=O)c2cncc(NC)n2)C1. The van der Waals surface area contributed by atoms with Crippen LogP contribution in [0.25, 0.3) is 0 Å². The third-order valence-corrected chi connectivity index (χ3v) is 3.33. The lowest BCUT2D eigenvalue weighted by molar-refractivity contribution is 0.00191. The van der Waals surface area contributed by atoms with E-state index >= 15 is 0 Å². The number of aromatic nitrogens is 2. The Kier molecular flexibility index (Phi) is 5.29. The number of ether oxygens (including phenoxy) is 1. The van der Waals surface area contributed by atoms with Crippen molar-refractivity contribution in [3.63, 3.8) is 0 Å². The van der Waals surface area contributed by atoms with Gasteiger partial charge in [0, 0.05) is 26.7 Å². The Balaban J connectivity index is 2.00. The van der Waals surface area contributed by atoms with Crippen molar-refractivity contribution in [2.75, 3.05) is 32.1 Å². The van der Waals surface area contributed by atoms with Crippen molar-refractivity contribution in [1.29, 1.82) is 0 Å². The van der Waals surface area contributed by atoms with E-state index < -0.39 is 0 Å². The summed E-state index contributed by atoms with van der Waals surface area (Å²) >= 11 is 0. The number of hydrogen-bond donors (Lipinski definition) is 1. The Bertz CT molecular complexity index is 453. The van der Waals surface area contributed by atoms with Gasteiger partial charge in [0.05, 0.1) is 18.5 Å². The van der Waals surface area contributed by atoms with Crippen molar-refractivity contribution in [2.24, 2.45) is 0 Å². The van der Waals surface area contributed by atoms with E-state index in [9.17, 15) is 4.79 Å². The average Bonchev–Trinajstić information content (AvgIpc) is 2.52. The third kappa shape index (κ3) is 3.66. The van der Waals surface area contributed by atoms with Gasteiger partial charge in [-0.15, -0.1) is 0 Å². The normalized spacial score (nSPS) is 18.9. The molecule has 1 saturated heterocycles. The maximum absolute atomic E-state index is 12.4. The molecule has 1 unspecified atom stereocenters. The first kappa shape index (κ1) is 14.7. The van der Waals surface area contributed by atoms with Crippen LogP contribution in [0.1, 0.15) is 36.7 Å². The predicted molar refractivity (Wildman–Crippen MR) is 76.7 cm³/mol. The van der Waals surface area contributed by atoms with E-state index in [2.05, 4.69) is 22.2 Å². The number of rotatable bonds is 5. The highest BCUT2D eigenvalue weighted by Gasteiger charge is 2.25. The zero-order valence-corrected chi connectivity index (χ0v) is 12.1. The predicted octanol–water partition coefficient (Wildman–Crippen LogP) is 1.55. The van der Waals surface area contributed by atoms with Crippen molar-refractivity contribution in [1.82, 2.24) is 14.9 Å². The molecule has 1 N–H and O–H groups in total. The van der Waals surface area contributed by atoms with E-state index in [1.807, 2.05) is 4.90 Å². The molecular formula is C14H22N4O2. The molecule has 0 bridgehead atoms. The summed E-state index contributed by atoms with van der Waals surface area (Å²) in [5.41, 5.74) is 0.382. The lowest BCUT2D eigenvalue weighted by atomic mass is 10.1. The molecule has 0 spiro atoms. The number of carbonyl (C=O) groups excluding carboxylic acids is 1. The Morgan fingerprint density at radius 2 is 2.40 bits per heavy atom. The molecule has 1 aromatic rings. The van der Waals surface area contributed by atoms with Gasteiger partial charge in [0.25, 0.3) is 5.91 Å². The summed E-state index contributed by atoms with van der Waals surface area (Å²) in [5.74, 6) is 0.533. The number of amides is 1. The van der Waals surface area contributed by atoms with Crippen molar-refractivity contribution in [3.05, 3.63) is 18.1 Å². The molecule has 0 saturated carbocycles. The largest absolute Gasteiger partial charge is 0.376 e. The minimum Gasteiger partial charge on any atom is -0.376 e. The average molecular weight is 278 g/mol. The number of nitrogens with one attached hydrogen (secondary N) is 1. The van der Waals surface area contributed by atoms with Gasteiger partial charge in [-0.05, 0) is 19.3 Å². The van der Waals surface area contributed by atoms with E-state index in [4.69, 9.17) is 4.74 Å². The third-order valence-electron chi connectivity index (χ3n) is 3.33. The van der Waals surface area contributed by atoms with Gasteiger partial charge in [-0.3, -0.25) is 9.78 Å². The van der Waals surface area contributed by atoms with Crippen LogP contribution < -0.4 is 5.32 Å². The number of nitrogens with zero attached hydrogens (tertiary/aromatic N) is 3. The molecule has 1 amide bonds. The van der Waals surface area contributed by atoms with Crippen LogP contribution in [0.15, 0.2) is 12.4 Å². The van der Waals surface area contributed by atoms with Crippen molar-refractivity contribution in [2.45, 2.75) is 32.3 Å². The zero-order chi connectivity index (χ0) is 14.4. The van der Waals surface area contributed by atoms with E-state index in [0.717, 1.165) is 32.4 Å². The Morgan fingerprint density at radius 1 is 1.55 bits per heavy atom. The van der Waals surface area contributed by atoms with E-state index in [1.165, 1.54) is 6.20 Å².